The first-order valence-corrected chi connectivity index (χ1v) is 15.3. The van der Waals surface area contributed by atoms with Crippen molar-refractivity contribution in [2.45, 2.75) is 56.7 Å². The molecule has 2 fully saturated rings. The van der Waals surface area contributed by atoms with Crippen LogP contribution in [0.1, 0.15) is 46.9 Å². The number of piperazine rings is 1. The normalized spacial score (nSPS) is 24.9. The molecule has 234 valence electrons. The number of carbonyl (C=O) groups excluding carboxylic acids is 2. The molecule has 3 aromatic rings. The predicted octanol–water partition coefficient (Wildman–Crippen LogP) is 3.23. The van der Waals surface area contributed by atoms with E-state index in [0.717, 1.165) is 18.4 Å². The van der Waals surface area contributed by atoms with E-state index in [2.05, 4.69) is 15.6 Å². The molecule has 4 atom stereocenters. The van der Waals surface area contributed by atoms with Gasteiger partial charge >= 0.3 is 0 Å². The molecule has 2 aromatic carbocycles. The molecular formula is C31H36ClFN6O5. The van der Waals surface area contributed by atoms with E-state index in [4.69, 9.17) is 25.8 Å². The minimum absolute atomic E-state index is 0.0572. The highest BCUT2D eigenvalue weighted by Crippen LogP contribution is 2.31. The fourth-order valence-corrected chi connectivity index (χ4v) is 6.34. The molecule has 0 unspecified atom stereocenters. The first-order valence-electron chi connectivity index (χ1n) is 14.9. The molecule has 0 saturated carbocycles. The number of aromatic nitrogens is 3. The fourth-order valence-electron chi connectivity index (χ4n) is 6.23. The van der Waals surface area contributed by atoms with Gasteiger partial charge in [0.2, 0.25) is 5.91 Å². The van der Waals surface area contributed by atoms with Crippen molar-refractivity contribution < 1.29 is 28.2 Å². The zero-order chi connectivity index (χ0) is 30.6. The van der Waals surface area contributed by atoms with Crippen LogP contribution in [0.4, 0.5) is 4.39 Å². The van der Waals surface area contributed by atoms with E-state index >= 15 is 0 Å². The van der Waals surface area contributed by atoms with Gasteiger partial charge in [0.1, 0.15) is 23.3 Å². The number of rotatable bonds is 5. The Hall–Kier alpha value is -3.58. The number of ether oxygens (including phenoxy) is 3. The first-order chi connectivity index (χ1) is 21.4. The van der Waals surface area contributed by atoms with E-state index in [1.165, 1.54) is 12.1 Å². The first kappa shape index (κ1) is 30.4. The average molecular weight is 627 g/mol. The standard InChI is InChI=1S/C31H36ClFN6O5/c1-42-19-21-17-39(36-35-21)26-9-7-22-10-13-43-28-5-3-2-4-23(28)31(41)38-12-11-37(16-20-6-8-24(32)25(33)14-20)18-27(38)30(40)34-15-29(26)44-22/h2-6,8,14,17,22,26-27,29H,7,9-13,15-16,18-19H2,1H3,(H,34,40)/t22-,26+,27-,29+/m0/s1. The van der Waals surface area contributed by atoms with Crippen molar-refractivity contribution in [2.75, 3.05) is 39.9 Å². The minimum atomic E-state index is -0.790. The van der Waals surface area contributed by atoms with Gasteiger partial charge in [-0.15, -0.1) is 5.10 Å². The van der Waals surface area contributed by atoms with Gasteiger partial charge in [-0.25, -0.2) is 9.07 Å². The Bertz CT molecular complexity index is 1490. The Balaban J connectivity index is 1.26. The molecule has 3 aliphatic rings. The van der Waals surface area contributed by atoms with Gasteiger partial charge < -0.3 is 24.4 Å². The molecule has 6 rings (SSSR count). The van der Waals surface area contributed by atoms with Crippen molar-refractivity contribution in [2.24, 2.45) is 0 Å². The van der Waals surface area contributed by atoms with E-state index in [1.54, 1.807) is 41.0 Å². The van der Waals surface area contributed by atoms with Crippen molar-refractivity contribution in [3.63, 3.8) is 0 Å². The minimum Gasteiger partial charge on any atom is -0.493 e. The van der Waals surface area contributed by atoms with Gasteiger partial charge in [0.25, 0.3) is 5.91 Å². The molecule has 44 heavy (non-hydrogen) atoms. The zero-order valence-corrected chi connectivity index (χ0v) is 25.3. The number of hydrogen-bond acceptors (Lipinski definition) is 8. The van der Waals surface area contributed by atoms with Gasteiger partial charge in [-0.2, -0.15) is 0 Å². The summed E-state index contributed by atoms with van der Waals surface area (Å²) in [5.41, 5.74) is 1.86. The third-order valence-electron chi connectivity index (χ3n) is 8.48. The second-order valence-corrected chi connectivity index (χ2v) is 11.8. The predicted molar refractivity (Wildman–Crippen MR) is 159 cm³/mol. The highest BCUT2D eigenvalue weighted by molar-refractivity contribution is 6.30. The Morgan fingerprint density at radius 1 is 1.14 bits per heavy atom. The fraction of sp³-hybridized carbons (Fsp3) is 0.484. The molecule has 13 heteroatoms. The van der Waals surface area contributed by atoms with Crippen LogP contribution in [0, 0.1) is 5.82 Å². The summed E-state index contributed by atoms with van der Waals surface area (Å²) in [6.07, 6.45) is 3.61. The van der Waals surface area contributed by atoms with E-state index in [9.17, 15) is 14.0 Å². The molecule has 2 saturated heterocycles. The van der Waals surface area contributed by atoms with Crippen LogP contribution in [0.3, 0.4) is 0 Å². The summed E-state index contributed by atoms with van der Waals surface area (Å²) in [7, 11) is 1.61. The monoisotopic (exact) mass is 626 g/mol. The topological polar surface area (TPSA) is 111 Å². The molecule has 1 aromatic heterocycles. The lowest BCUT2D eigenvalue weighted by Gasteiger charge is -2.41. The number of methoxy groups -OCH3 is 1. The highest BCUT2D eigenvalue weighted by atomic mass is 35.5. The average Bonchev–Trinajstić information content (AvgIpc) is 3.50. The molecular weight excluding hydrogens is 591 g/mol. The summed E-state index contributed by atoms with van der Waals surface area (Å²) in [6, 6.07) is 10.9. The van der Waals surface area contributed by atoms with Gasteiger partial charge in [-0.1, -0.05) is 35.0 Å². The molecule has 1 N–H and O–H groups in total. The lowest BCUT2D eigenvalue weighted by molar-refractivity contribution is -0.130. The highest BCUT2D eigenvalue weighted by Gasteiger charge is 2.39. The quantitative estimate of drug-likeness (QED) is 0.460. The number of fused-ring (bicyclic) bond motifs is 4. The van der Waals surface area contributed by atoms with E-state index in [1.807, 2.05) is 17.2 Å². The Kier molecular flexibility index (Phi) is 9.41. The third-order valence-corrected chi connectivity index (χ3v) is 8.79. The summed E-state index contributed by atoms with van der Waals surface area (Å²) in [5.74, 6) is -0.569. The van der Waals surface area contributed by atoms with Gasteiger partial charge in [-0.3, -0.25) is 14.5 Å². The summed E-state index contributed by atoms with van der Waals surface area (Å²) >= 11 is 5.88. The van der Waals surface area contributed by atoms with Gasteiger partial charge in [0, 0.05) is 46.3 Å². The third kappa shape index (κ3) is 6.73. The Labute approximate surface area is 260 Å². The second-order valence-electron chi connectivity index (χ2n) is 11.4. The van der Waals surface area contributed by atoms with Crippen LogP contribution in [0.2, 0.25) is 5.02 Å². The maximum atomic E-state index is 14.2. The van der Waals surface area contributed by atoms with Crippen molar-refractivity contribution in [1.82, 2.24) is 30.1 Å². The van der Waals surface area contributed by atoms with Gasteiger partial charge in [0.15, 0.2) is 0 Å². The number of carbonyl (C=O) groups is 2. The lowest BCUT2D eigenvalue weighted by atomic mass is 9.96. The number of amides is 2. The van der Waals surface area contributed by atoms with Crippen LogP contribution in [-0.2, 0) is 27.4 Å². The number of halogens is 2. The number of nitrogens with one attached hydrogen (secondary N) is 1. The molecule has 11 nitrogen and oxygen atoms in total. The Morgan fingerprint density at radius 3 is 2.84 bits per heavy atom. The van der Waals surface area contributed by atoms with Crippen LogP contribution >= 0.6 is 11.6 Å². The summed E-state index contributed by atoms with van der Waals surface area (Å²) in [4.78, 5) is 31.5. The van der Waals surface area contributed by atoms with Gasteiger partial charge in [-0.05, 0) is 42.7 Å². The molecule has 0 aliphatic carbocycles. The van der Waals surface area contributed by atoms with Crippen molar-refractivity contribution in [1.29, 1.82) is 0 Å². The summed E-state index contributed by atoms with van der Waals surface area (Å²) in [5, 5.41) is 11.7. The van der Waals surface area contributed by atoms with Crippen LogP contribution in [0.25, 0.3) is 0 Å². The van der Waals surface area contributed by atoms with E-state index < -0.39 is 11.9 Å². The summed E-state index contributed by atoms with van der Waals surface area (Å²) < 4.78 is 33.8. The number of para-hydroxylation sites is 1. The van der Waals surface area contributed by atoms with Crippen LogP contribution < -0.4 is 10.1 Å². The second kappa shape index (κ2) is 13.6. The van der Waals surface area contributed by atoms with Crippen LogP contribution in [0.15, 0.2) is 48.7 Å². The van der Waals surface area contributed by atoms with E-state index in [-0.39, 0.29) is 48.2 Å². The van der Waals surface area contributed by atoms with E-state index in [0.29, 0.717) is 56.3 Å². The van der Waals surface area contributed by atoms with Crippen LogP contribution in [0.5, 0.6) is 5.75 Å². The smallest absolute Gasteiger partial charge is 0.258 e. The molecule has 2 bridgehead atoms. The largest absolute Gasteiger partial charge is 0.493 e. The molecule has 2 amide bonds. The molecule has 4 heterocycles. The number of hydrogen-bond donors (Lipinski definition) is 1. The zero-order valence-electron chi connectivity index (χ0n) is 24.5. The van der Waals surface area contributed by atoms with Crippen molar-refractivity contribution >= 4 is 23.4 Å². The summed E-state index contributed by atoms with van der Waals surface area (Å²) in [6.45, 7) is 2.46. The van der Waals surface area contributed by atoms with Crippen LogP contribution in [-0.4, -0.2) is 94.8 Å². The van der Waals surface area contributed by atoms with Crippen molar-refractivity contribution in [3.05, 3.63) is 76.3 Å². The number of nitrogens with zero attached hydrogens (tertiary/aromatic N) is 5. The lowest BCUT2D eigenvalue weighted by Crippen LogP contribution is -2.61. The molecule has 0 radical (unpaired) electrons. The molecule has 3 aliphatic heterocycles. The maximum absolute atomic E-state index is 14.2. The molecule has 0 spiro atoms. The van der Waals surface area contributed by atoms with Gasteiger partial charge in [0.05, 0.1) is 48.2 Å². The maximum Gasteiger partial charge on any atom is 0.258 e. The Morgan fingerprint density at radius 2 is 2.00 bits per heavy atom. The number of benzene rings is 2. The van der Waals surface area contributed by atoms with Crippen molar-refractivity contribution in [3.8, 4) is 5.75 Å². The SMILES string of the molecule is COCc1cn([C@@H]2CC[C@H]3CCOc4ccccc4C(=O)N4CCN(Cc5ccc(Cl)c(F)c5)C[C@H]4C(=O)NC[C@H]2O3)nn1.